The van der Waals surface area contributed by atoms with Crippen molar-refractivity contribution in [1.29, 1.82) is 0 Å². The number of sulfonamides is 1. The lowest BCUT2D eigenvalue weighted by atomic mass is 9.99. The Balaban J connectivity index is 1.27. The van der Waals surface area contributed by atoms with Crippen LogP contribution in [0.4, 0.5) is 10.5 Å². The third kappa shape index (κ3) is 4.57. The smallest absolute Gasteiger partial charge is 0.332 e. The number of urea groups is 1. The average Bonchev–Trinajstić information content (AvgIpc) is 3.57. The third-order valence-corrected chi connectivity index (χ3v) is 7.88. The summed E-state index contributed by atoms with van der Waals surface area (Å²) < 4.78 is 27.4. The van der Waals surface area contributed by atoms with Crippen molar-refractivity contribution in [3.8, 4) is 0 Å². The minimum Gasteiger partial charge on any atom is -0.332 e. The van der Waals surface area contributed by atoms with Crippen LogP contribution in [0, 0.1) is 0 Å². The van der Waals surface area contributed by atoms with Crippen LogP contribution in [-0.2, 0) is 35.7 Å². The number of carbonyl (C=O) groups is 2. The van der Waals surface area contributed by atoms with Crippen LogP contribution in [0.15, 0.2) is 42.1 Å². The van der Waals surface area contributed by atoms with E-state index >= 15 is 0 Å². The quantitative estimate of drug-likeness (QED) is 0.682. The van der Waals surface area contributed by atoms with Crippen LogP contribution in [0.2, 0.25) is 0 Å². The summed E-state index contributed by atoms with van der Waals surface area (Å²) in [5, 5.41) is 3.83. The molecule has 2 aliphatic carbocycles. The highest BCUT2D eigenvalue weighted by Crippen LogP contribution is 2.38. The summed E-state index contributed by atoms with van der Waals surface area (Å²) in [6.07, 6.45) is 11.9. The van der Waals surface area contributed by atoms with Crippen molar-refractivity contribution < 1.29 is 18.0 Å². The second-order valence-electron chi connectivity index (χ2n) is 9.11. The Labute approximate surface area is 199 Å². The first-order chi connectivity index (χ1) is 16.4. The molecule has 1 atom stereocenters. The summed E-state index contributed by atoms with van der Waals surface area (Å²) >= 11 is 0. The number of pyridine rings is 1. The molecule has 1 aliphatic heterocycles. The number of aryl methyl sites for hydroxylation is 2. The predicted molar refractivity (Wildman–Crippen MR) is 129 cm³/mol. The van der Waals surface area contributed by atoms with E-state index in [-0.39, 0.29) is 11.9 Å². The van der Waals surface area contributed by atoms with Crippen molar-refractivity contribution >= 4 is 27.6 Å². The highest BCUT2D eigenvalue weighted by atomic mass is 32.2. The van der Waals surface area contributed by atoms with Gasteiger partial charge in [-0.15, -0.1) is 0 Å². The largest absolute Gasteiger partial charge is 0.333 e. The van der Waals surface area contributed by atoms with Gasteiger partial charge in [0.05, 0.1) is 11.6 Å². The average molecular weight is 481 g/mol. The summed E-state index contributed by atoms with van der Waals surface area (Å²) in [4.78, 5) is 31.1. The van der Waals surface area contributed by atoms with E-state index in [2.05, 4.69) is 21.1 Å². The van der Waals surface area contributed by atoms with E-state index in [0.717, 1.165) is 67.2 Å². The van der Waals surface area contributed by atoms with Crippen LogP contribution < -0.4 is 10.0 Å². The number of aromatic nitrogens is 1. The zero-order chi connectivity index (χ0) is 23.7. The van der Waals surface area contributed by atoms with Crippen molar-refractivity contribution in [2.75, 3.05) is 11.9 Å². The van der Waals surface area contributed by atoms with E-state index in [9.17, 15) is 18.0 Å². The summed E-state index contributed by atoms with van der Waals surface area (Å²) in [5.74, 6) is -0.185. The molecule has 2 N–H and O–H groups in total. The lowest BCUT2D eigenvalue weighted by molar-refractivity contribution is 0.0761. The lowest BCUT2D eigenvalue weighted by Crippen LogP contribution is -2.36. The predicted octanol–water partition coefficient (Wildman–Crippen LogP) is 3.33. The molecule has 0 spiro atoms. The van der Waals surface area contributed by atoms with Gasteiger partial charge < -0.3 is 10.2 Å². The van der Waals surface area contributed by atoms with Gasteiger partial charge in [0.1, 0.15) is 0 Å². The van der Waals surface area contributed by atoms with Crippen molar-refractivity contribution in [3.05, 3.63) is 69.9 Å². The van der Waals surface area contributed by atoms with Gasteiger partial charge in [-0.1, -0.05) is 6.07 Å². The Kier molecular flexibility index (Phi) is 6.12. The Hall–Kier alpha value is -3.20. The molecule has 3 amide bonds. The molecule has 3 aliphatic rings. The number of benzene rings is 1. The van der Waals surface area contributed by atoms with Gasteiger partial charge in [0.2, 0.25) is 0 Å². The van der Waals surface area contributed by atoms with E-state index in [4.69, 9.17) is 0 Å². The zero-order valence-corrected chi connectivity index (χ0v) is 19.7. The number of nitrogens with one attached hydrogen (secondary N) is 2. The number of hydrogen-bond donors (Lipinski definition) is 2. The molecule has 34 heavy (non-hydrogen) atoms. The minimum atomic E-state index is -4.02. The first-order valence-corrected chi connectivity index (χ1v) is 13.4. The van der Waals surface area contributed by atoms with Gasteiger partial charge in [0.25, 0.3) is 15.9 Å². The van der Waals surface area contributed by atoms with Gasteiger partial charge in [-0.25, -0.2) is 17.9 Å². The summed E-state index contributed by atoms with van der Waals surface area (Å²) in [6.45, 7) is 0.543. The first kappa shape index (κ1) is 22.6. The second kappa shape index (κ2) is 9.21. The van der Waals surface area contributed by atoms with Crippen LogP contribution in [-0.4, -0.2) is 42.8 Å². The Morgan fingerprint density at radius 2 is 1.79 bits per heavy atom. The maximum atomic E-state index is 12.8. The molecular formula is C25H28N4O4S. The highest BCUT2D eigenvalue weighted by molar-refractivity contribution is 7.92. The Bertz CT molecular complexity index is 1230. The SMILES string of the molecule is O=C(Nc1c2c(cc3c1CCC3)CCC2)NS(=O)(=O)/C=C/C1CCCN1C(=O)c1cccnc1. The Morgan fingerprint density at radius 1 is 1.06 bits per heavy atom. The fourth-order valence-corrected chi connectivity index (χ4v) is 6.13. The molecule has 1 saturated heterocycles. The number of carbonyl (C=O) groups excluding carboxylic acids is 2. The second-order valence-corrected chi connectivity index (χ2v) is 10.7. The number of hydrogen-bond acceptors (Lipinski definition) is 5. The summed E-state index contributed by atoms with van der Waals surface area (Å²) in [5.41, 5.74) is 6.06. The number of rotatable bonds is 5. The monoisotopic (exact) mass is 480 g/mol. The van der Waals surface area contributed by atoms with Crippen LogP contribution in [0.25, 0.3) is 0 Å². The van der Waals surface area contributed by atoms with Crippen molar-refractivity contribution in [2.24, 2.45) is 0 Å². The zero-order valence-electron chi connectivity index (χ0n) is 18.9. The van der Waals surface area contributed by atoms with Gasteiger partial charge >= 0.3 is 6.03 Å². The fourth-order valence-electron chi connectivity index (χ4n) is 5.36. The number of nitrogens with zero attached hydrogens (tertiary/aromatic N) is 2. The van der Waals surface area contributed by atoms with Gasteiger partial charge in [0, 0.05) is 30.0 Å². The number of anilines is 1. The van der Waals surface area contributed by atoms with Crippen molar-refractivity contribution in [2.45, 2.75) is 57.4 Å². The molecule has 0 radical (unpaired) electrons. The molecule has 8 nitrogen and oxygen atoms in total. The van der Waals surface area contributed by atoms with Crippen LogP contribution >= 0.6 is 0 Å². The fraction of sp³-hybridized carbons (Fsp3) is 0.400. The van der Waals surface area contributed by atoms with Crippen LogP contribution in [0.3, 0.4) is 0 Å². The van der Waals surface area contributed by atoms with Crippen molar-refractivity contribution in [1.82, 2.24) is 14.6 Å². The van der Waals surface area contributed by atoms with E-state index in [0.29, 0.717) is 18.5 Å². The molecule has 0 bridgehead atoms. The van der Waals surface area contributed by atoms with Crippen LogP contribution in [0.5, 0.6) is 0 Å². The standard InChI is InChI=1S/C25H28N4O4S/c30-24(19-7-3-12-26-16-19)29-13-4-8-20(29)11-14-34(32,33)28-25(31)27-23-21-9-1-5-17(21)15-18-6-2-10-22(18)23/h3,7,11-12,14-16,20H,1-2,4-6,8-10,13H2,(H2,27,28,31)/b14-11+. The molecular weight excluding hydrogens is 452 g/mol. The number of amides is 3. The molecule has 1 aromatic carbocycles. The van der Waals surface area contributed by atoms with Gasteiger partial charge in [0.15, 0.2) is 0 Å². The molecule has 178 valence electrons. The number of likely N-dealkylation sites (tertiary alicyclic amines) is 1. The molecule has 1 aromatic heterocycles. The Morgan fingerprint density at radius 3 is 2.47 bits per heavy atom. The molecule has 1 fully saturated rings. The molecule has 2 heterocycles. The first-order valence-electron chi connectivity index (χ1n) is 11.8. The third-order valence-electron chi connectivity index (χ3n) is 6.89. The molecule has 0 saturated carbocycles. The topological polar surface area (TPSA) is 108 Å². The molecule has 2 aromatic rings. The van der Waals surface area contributed by atoms with E-state index in [1.807, 2.05) is 0 Å². The van der Waals surface area contributed by atoms with Gasteiger partial charge in [-0.05, 0) is 91.8 Å². The lowest BCUT2D eigenvalue weighted by Gasteiger charge is -2.22. The van der Waals surface area contributed by atoms with Crippen molar-refractivity contribution in [3.63, 3.8) is 0 Å². The molecule has 1 unspecified atom stereocenters. The maximum absolute atomic E-state index is 12.8. The van der Waals surface area contributed by atoms with E-state index in [1.54, 1.807) is 23.2 Å². The normalized spacial score (nSPS) is 19.3. The minimum absolute atomic E-state index is 0.185. The maximum Gasteiger partial charge on any atom is 0.333 e. The van der Waals surface area contributed by atoms with E-state index < -0.39 is 16.1 Å². The highest BCUT2D eigenvalue weighted by Gasteiger charge is 2.29. The summed E-state index contributed by atoms with van der Waals surface area (Å²) in [6, 6.07) is 4.53. The van der Waals surface area contributed by atoms with E-state index in [1.165, 1.54) is 23.4 Å². The number of fused-ring (bicyclic) bond motifs is 2. The van der Waals surface area contributed by atoms with Gasteiger partial charge in [-0.2, -0.15) is 0 Å². The molecule has 9 heteroatoms. The molecule has 5 rings (SSSR count). The van der Waals surface area contributed by atoms with Crippen LogP contribution in [0.1, 0.15) is 58.3 Å². The van der Waals surface area contributed by atoms with Gasteiger partial charge in [-0.3, -0.25) is 9.78 Å². The summed E-state index contributed by atoms with van der Waals surface area (Å²) in [7, 11) is -4.02.